The average Bonchev–Trinajstić information content (AvgIpc) is 2.92. The lowest BCUT2D eigenvalue weighted by molar-refractivity contribution is 0.392. The van der Waals surface area contributed by atoms with Gasteiger partial charge in [0.05, 0.1) is 10.6 Å². The molecule has 1 aromatic carbocycles. The van der Waals surface area contributed by atoms with Gasteiger partial charge in [0.25, 0.3) is 5.89 Å². The normalized spacial score (nSPS) is 16.7. The summed E-state index contributed by atoms with van der Waals surface area (Å²) < 4.78 is 6.29. The van der Waals surface area contributed by atoms with Gasteiger partial charge >= 0.3 is 0 Å². The molecule has 1 saturated heterocycles. The predicted molar refractivity (Wildman–Crippen MR) is 77.3 cm³/mol. The van der Waals surface area contributed by atoms with Crippen LogP contribution in [0.3, 0.4) is 0 Å². The van der Waals surface area contributed by atoms with Gasteiger partial charge in [-0.15, -0.1) is 0 Å². The quantitative estimate of drug-likeness (QED) is 0.905. The molecule has 1 aromatic heterocycles. The van der Waals surface area contributed by atoms with Gasteiger partial charge in [-0.1, -0.05) is 32.7 Å². The third kappa shape index (κ3) is 2.83. The minimum absolute atomic E-state index is 0.379. The highest BCUT2D eigenvalue weighted by Crippen LogP contribution is 2.31. The molecule has 0 aliphatic carbocycles. The first kappa shape index (κ1) is 13.1. The van der Waals surface area contributed by atoms with Crippen LogP contribution in [0.4, 0.5) is 0 Å². The van der Waals surface area contributed by atoms with Crippen LogP contribution >= 0.6 is 27.5 Å². The summed E-state index contributed by atoms with van der Waals surface area (Å²) in [5.41, 5.74) is 0.767. The van der Waals surface area contributed by atoms with Crippen molar-refractivity contribution in [3.05, 3.63) is 33.5 Å². The molecule has 0 saturated carbocycles. The molecule has 4 nitrogen and oxygen atoms in total. The zero-order valence-electron chi connectivity index (χ0n) is 10.2. The molecule has 1 fully saturated rings. The van der Waals surface area contributed by atoms with Crippen molar-refractivity contribution in [3.8, 4) is 11.5 Å². The van der Waals surface area contributed by atoms with E-state index in [-0.39, 0.29) is 0 Å². The molecule has 2 aromatic rings. The molecule has 0 unspecified atom stereocenters. The molecule has 2 heterocycles. The van der Waals surface area contributed by atoms with Crippen LogP contribution in [0.2, 0.25) is 5.02 Å². The van der Waals surface area contributed by atoms with E-state index in [2.05, 4.69) is 31.4 Å². The Morgan fingerprint density at radius 2 is 2.11 bits per heavy atom. The van der Waals surface area contributed by atoms with E-state index in [0.29, 0.717) is 16.8 Å². The summed E-state index contributed by atoms with van der Waals surface area (Å²) in [6.07, 6.45) is 2.09. The van der Waals surface area contributed by atoms with Gasteiger partial charge in [-0.25, -0.2) is 0 Å². The summed E-state index contributed by atoms with van der Waals surface area (Å²) in [6, 6.07) is 5.59. The van der Waals surface area contributed by atoms with Crippen molar-refractivity contribution in [2.24, 2.45) is 0 Å². The van der Waals surface area contributed by atoms with Gasteiger partial charge in [-0.2, -0.15) is 4.98 Å². The van der Waals surface area contributed by atoms with E-state index in [1.165, 1.54) is 0 Å². The largest absolute Gasteiger partial charge is 0.334 e. The van der Waals surface area contributed by atoms with Crippen LogP contribution < -0.4 is 5.32 Å². The highest BCUT2D eigenvalue weighted by molar-refractivity contribution is 9.10. The van der Waals surface area contributed by atoms with Crippen molar-refractivity contribution in [2.45, 2.75) is 18.8 Å². The number of hydrogen-bond donors (Lipinski definition) is 1. The molecule has 100 valence electrons. The van der Waals surface area contributed by atoms with E-state index in [1.54, 1.807) is 0 Å². The second-order valence-corrected chi connectivity index (χ2v) is 5.93. The molecule has 0 atom stereocenters. The van der Waals surface area contributed by atoms with Crippen molar-refractivity contribution in [1.29, 1.82) is 0 Å². The van der Waals surface area contributed by atoms with Crippen molar-refractivity contribution >= 4 is 27.5 Å². The zero-order valence-corrected chi connectivity index (χ0v) is 12.5. The maximum absolute atomic E-state index is 6.17. The monoisotopic (exact) mass is 341 g/mol. The van der Waals surface area contributed by atoms with Crippen LogP contribution in [0.25, 0.3) is 11.5 Å². The summed E-state index contributed by atoms with van der Waals surface area (Å²) in [5.74, 6) is 1.65. The molecule has 0 amide bonds. The minimum Gasteiger partial charge on any atom is -0.334 e. The lowest BCUT2D eigenvalue weighted by Gasteiger charge is -2.18. The maximum atomic E-state index is 6.17. The van der Waals surface area contributed by atoms with E-state index in [0.717, 1.165) is 41.8 Å². The van der Waals surface area contributed by atoms with Crippen molar-refractivity contribution in [3.63, 3.8) is 0 Å². The van der Waals surface area contributed by atoms with Gasteiger partial charge < -0.3 is 9.84 Å². The van der Waals surface area contributed by atoms with E-state index in [1.807, 2.05) is 18.2 Å². The second-order valence-electron chi connectivity index (χ2n) is 4.61. The number of benzene rings is 1. The highest BCUT2D eigenvalue weighted by atomic mass is 79.9. The minimum atomic E-state index is 0.379. The molecule has 19 heavy (non-hydrogen) atoms. The summed E-state index contributed by atoms with van der Waals surface area (Å²) in [7, 11) is 0. The zero-order chi connectivity index (χ0) is 13.2. The van der Waals surface area contributed by atoms with Crippen LogP contribution in [0.1, 0.15) is 24.6 Å². The van der Waals surface area contributed by atoms with Crippen molar-refractivity contribution in [2.75, 3.05) is 13.1 Å². The SMILES string of the molecule is Clc1ccc(Br)cc1-c1nc(C2CCNCC2)no1. The van der Waals surface area contributed by atoms with Crippen LogP contribution in [0.15, 0.2) is 27.2 Å². The van der Waals surface area contributed by atoms with E-state index >= 15 is 0 Å². The van der Waals surface area contributed by atoms with E-state index < -0.39 is 0 Å². The second kappa shape index (κ2) is 5.61. The first-order valence-corrected chi connectivity index (χ1v) is 7.41. The Labute approximate surface area is 124 Å². The number of nitrogens with one attached hydrogen (secondary N) is 1. The summed E-state index contributed by atoms with van der Waals surface area (Å²) in [5, 5.41) is 8.04. The fourth-order valence-corrected chi connectivity index (χ4v) is 2.81. The van der Waals surface area contributed by atoms with Crippen LogP contribution in [-0.2, 0) is 0 Å². The Morgan fingerprint density at radius 3 is 2.89 bits per heavy atom. The Hall–Kier alpha value is -0.910. The predicted octanol–water partition coefficient (Wildman–Crippen LogP) is 3.62. The Morgan fingerprint density at radius 1 is 1.32 bits per heavy atom. The van der Waals surface area contributed by atoms with Gasteiger partial charge in [-0.3, -0.25) is 0 Å². The third-order valence-corrected chi connectivity index (χ3v) is 4.13. The molecule has 1 N–H and O–H groups in total. The topological polar surface area (TPSA) is 51.0 Å². The van der Waals surface area contributed by atoms with Gasteiger partial charge in [0, 0.05) is 10.4 Å². The van der Waals surface area contributed by atoms with Gasteiger partial charge in [0.15, 0.2) is 5.82 Å². The molecule has 0 spiro atoms. The molecule has 1 aliphatic heterocycles. The first-order chi connectivity index (χ1) is 9.24. The smallest absolute Gasteiger partial charge is 0.259 e. The molecular formula is C13H13BrClN3O. The first-order valence-electron chi connectivity index (χ1n) is 6.24. The summed E-state index contributed by atoms with van der Waals surface area (Å²) in [4.78, 5) is 4.50. The number of nitrogens with zero attached hydrogens (tertiary/aromatic N) is 2. The fraction of sp³-hybridized carbons (Fsp3) is 0.385. The van der Waals surface area contributed by atoms with Gasteiger partial charge in [0.2, 0.25) is 0 Å². The molecule has 3 rings (SSSR count). The van der Waals surface area contributed by atoms with Gasteiger partial charge in [-0.05, 0) is 44.1 Å². The van der Waals surface area contributed by atoms with Crippen molar-refractivity contribution in [1.82, 2.24) is 15.5 Å². The van der Waals surface area contributed by atoms with Gasteiger partial charge in [0.1, 0.15) is 0 Å². The molecular weight excluding hydrogens is 330 g/mol. The average molecular weight is 343 g/mol. The van der Waals surface area contributed by atoms with Crippen LogP contribution in [0, 0.1) is 0 Å². The highest BCUT2D eigenvalue weighted by Gasteiger charge is 2.21. The van der Waals surface area contributed by atoms with Crippen LogP contribution in [-0.4, -0.2) is 23.2 Å². The standard InChI is InChI=1S/C13H13BrClN3O/c14-9-1-2-11(15)10(7-9)13-17-12(18-19-13)8-3-5-16-6-4-8/h1-2,7-8,16H,3-6H2. The molecule has 0 radical (unpaired) electrons. The summed E-state index contributed by atoms with van der Waals surface area (Å²) >= 11 is 9.59. The Balaban J connectivity index is 1.89. The maximum Gasteiger partial charge on any atom is 0.259 e. The number of piperidine rings is 1. The Bertz CT molecular complexity index is 581. The molecule has 1 aliphatic rings. The third-order valence-electron chi connectivity index (χ3n) is 3.30. The number of aromatic nitrogens is 2. The van der Waals surface area contributed by atoms with Crippen LogP contribution in [0.5, 0.6) is 0 Å². The fourth-order valence-electron chi connectivity index (χ4n) is 2.25. The summed E-state index contributed by atoms with van der Waals surface area (Å²) in [6.45, 7) is 2.01. The lowest BCUT2D eigenvalue weighted by Crippen LogP contribution is -2.27. The lowest BCUT2D eigenvalue weighted by atomic mass is 9.98. The number of hydrogen-bond acceptors (Lipinski definition) is 4. The number of halogens is 2. The Kier molecular flexibility index (Phi) is 3.86. The van der Waals surface area contributed by atoms with Crippen molar-refractivity contribution < 1.29 is 4.52 Å². The van der Waals surface area contributed by atoms with E-state index in [9.17, 15) is 0 Å². The molecule has 6 heteroatoms. The molecule has 0 bridgehead atoms. The number of rotatable bonds is 2. The van der Waals surface area contributed by atoms with E-state index in [4.69, 9.17) is 16.1 Å².